The summed E-state index contributed by atoms with van der Waals surface area (Å²) in [7, 11) is 0. The highest BCUT2D eigenvalue weighted by molar-refractivity contribution is 5.99. The van der Waals surface area contributed by atoms with Crippen molar-refractivity contribution in [3.8, 4) is 5.75 Å². The van der Waals surface area contributed by atoms with Crippen LogP contribution < -0.4 is 10.2 Å². The van der Waals surface area contributed by atoms with Gasteiger partial charge in [-0.05, 0) is 71.0 Å². The second-order valence-electron chi connectivity index (χ2n) is 7.08. The third-order valence-electron chi connectivity index (χ3n) is 3.78. The quantitative estimate of drug-likeness (QED) is 0.845. The third kappa shape index (κ3) is 4.85. The first-order valence-corrected chi connectivity index (χ1v) is 8.67. The van der Waals surface area contributed by atoms with Crippen LogP contribution in [0.25, 0.3) is 0 Å². The van der Waals surface area contributed by atoms with Gasteiger partial charge in [0.15, 0.2) is 0 Å². The van der Waals surface area contributed by atoms with Crippen LogP contribution >= 0.6 is 0 Å². The molecule has 0 unspecified atom stereocenters. The zero-order valence-corrected chi connectivity index (χ0v) is 16.0. The summed E-state index contributed by atoms with van der Waals surface area (Å²) >= 11 is 0. The summed E-state index contributed by atoms with van der Waals surface area (Å²) in [6, 6.07) is 14.1. The van der Waals surface area contributed by atoms with E-state index in [-0.39, 0.29) is 11.8 Å². The van der Waals surface area contributed by atoms with Crippen LogP contribution in [-0.4, -0.2) is 29.0 Å². The number of carbonyl (C=O) groups excluding carboxylic acids is 2. The van der Waals surface area contributed by atoms with Crippen LogP contribution in [0.5, 0.6) is 5.75 Å². The Morgan fingerprint density at radius 3 is 2.23 bits per heavy atom. The van der Waals surface area contributed by atoms with E-state index in [1.54, 1.807) is 30.3 Å². The third-order valence-corrected chi connectivity index (χ3v) is 3.78. The van der Waals surface area contributed by atoms with E-state index < -0.39 is 5.54 Å². The van der Waals surface area contributed by atoms with Gasteiger partial charge in [-0.2, -0.15) is 0 Å². The summed E-state index contributed by atoms with van der Waals surface area (Å²) in [5.41, 5.74) is 4.15. The van der Waals surface area contributed by atoms with Crippen LogP contribution in [0, 0.1) is 6.92 Å². The maximum atomic E-state index is 12.9. The Hall–Kier alpha value is -2.82. The summed E-state index contributed by atoms with van der Waals surface area (Å²) in [4.78, 5) is 25.6. The number of amides is 2. The van der Waals surface area contributed by atoms with Gasteiger partial charge in [-0.1, -0.05) is 17.7 Å². The Morgan fingerprint density at radius 1 is 1.04 bits per heavy atom. The first-order chi connectivity index (χ1) is 12.2. The molecule has 5 nitrogen and oxygen atoms in total. The molecule has 0 heterocycles. The minimum atomic E-state index is -0.582. The Bertz CT molecular complexity index is 777. The number of carbonyl (C=O) groups is 2. The number of hydrogen-bond acceptors (Lipinski definition) is 3. The van der Waals surface area contributed by atoms with Crippen molar-refractivity contribution in [1.82, 2.24) is 10.4 Å². The van der Waals surface area contributed by atoms with Crippen molar-refractivity contribution in [3.63, 3.8) is 0 Å². The Balaban J connectivity index is 2.22. The highest BCUT2D eigenvalue weighted by Gasteiger charge is 2.29. The summed E-state index contributed by atoms with van der Waals surface area (Å²) in [6.07, 6.45) is 0. The summed E-state index contributed by atoms with van der Waals surface area (Å²) in [5.74, 6) is 0.108. The first-order valence-electron chi connectivity index (χ1n) is 8.67. The lowest BCUT2D eigenvalue weighted by atomic mass is 10.1. The Kier molecular flexibility index (Phi) is 6.03. The van der Waals surface area contributed by atoms with E-state index in [0.717, 1.165) is 5.56 Å². The van der Waals surface area contributed by atoms with Crippen molar-refractivity contribution >= 4 is 11.8 Å². The fourth-order valence-corrected chi connectivity index (χ4v) is 2.47. The van der Waals surface area contributed by atoms with Crippen molar-refractivity contribution < 1.29 is 14.3 Å². The van der Waals surface area contributed by atoms with Gasteiger partial charge in [0.05, 0.1) is 12.1 Å². The molecule has 0 saturated carbocycles. The molecule has 0 aliphatic rings. The van der Waals surface area contributed by atoms with Crippen LogP contribution in [0.3, 0.4) is 0 Å². The van der Waals surface area contributed by atoms with Crippen LogP contribution in [0.15, 0.2) is 48.5 Å². The molecule has 0 atom stereocenters. The maximum absolute atomic E-state index is 12.9. The van der Waals surface area contributed by atoms with Crippen molar-refractivity contribution in [3.05, 3.63) is 65.2 Å². The van der Waals surface area contributed by atoms with Gasteiger partial charge in [0, 0.05) is 11.1 Å². The van der Waals surface area contributed by atoms with Crippen LogP contribution in [0.1, 0.15) is 54.0 Å². The molecule has 5 heteroatoms. The predicted octanol–water partition coefficient (Wildman–Crippen LogP) is 3.98. The molecule has 2 rings (SSSR count). The highest BCUT2D eigenvalue weighted by Crippen LogP contribution is 2.17. The standard InChI is InChI=1S/C21H26N2O3/c1-6-26-18-12-10-16(11-13-18)19(24)22-23(21(3,4)5)20(25)17-9-7-8-15(2)14-17/h7-14H,6H2,1-5H3,(H,22,24). The maximum Gasteiger partial charge on any atom is 0.272 e. The van der Waals surface area contributed by atoms with Gasteiger partial charge in [-0.25, -0.2) is 5.01 Å². The molecule has 0 aliphatic heterocycles. The van der Waals surface area contributed by atoms with Crippen molar-refractivity contribution in [2.24, 2.45) is 0 Å². The van der Waals surface area contributed by atoms with E-state index in [1.807, 2.05) is 52.8 Å². The molecule has 0 saturated heterocycles. The summed E-state index contributed by atoms with van der Waals surface area (Å²) in [6.45, 7) is 10.0. The van der Waals surface area contributed by atoms with E-state index >= 15 is 0 Å². The Morgan fingerprint density at radius 2 is 1.69 bits per heavy atom. The van der Waals surface area contributed by atoms with Gasteiger partial charge in [0.1, 0.15) is 5.75 Å². The zero-order valence-electron chi connectivity index (χ0n) is 16.0. The monoisotopic (exact) mass is 354 g/mol. The van der Waals surface area contributed by atoms with Crippen molar-refractivity contribution in [1.29, 1.82) is 0 Å². The molecule has 2 aromatic rings. The molecule has 0 fully saturated rings. The SMILES string of the molecule is CCOc1ccc(C(=O)NN(C(=O)c2cccc(C)c2)C(C)(C)C)cc1. The number of nitrogens with one attached hydrogen (secondary N) is 1. The number of rotatable bonds is 4. The second-order valence-corrected chi connectivity index (χ2v) is 7.08. The number of aryl methyl sites for hydroxylation is 1. The molecule has 0 radical (unpaired) electrons. The van der Waals surface area contributed by atoms with Gasteiger partial charge in [-0.3, -0.25) is 15.0 Å². The number of nitrogens with zero attached hydrogens (tertiary/aromatic N) is 1. The summed E-state index contributed by atoms with van der Waals surface area (Å²) < 4.78 is 5.39. The normalized spacial score (nSPS) is 11.0. The highest BCUT2D eigenvalue weighted by atomic mass is 16.5. The molecule has 0 spiro atoms. The van der Waals surface area contributed by atoms with E-state index in [0.29, 0.717) is 23.5 Å². The largest absolute Gasteiger partial charge is 0.494 e. The molecule has 2 aromatic carbocycles. The van der Waals surface area contributed by atoms with E-state index in [4.69, 9.17) is 4.74 Å². The number of hydrogen-bond donors (Lipinski definition) is 1. The predicted molar refractivity (Wildman–Crippen MR) is 102 cm³/mol. The lowest BCUT2D eigenvalue weighted by Crippen LogP contribution is -2.55. The smallest absolute Gasteiger partial charge is 0.272 e. The molecule has 0 aliphatic carbocycles. The molecule has 0 bridgehead atoms. The van der Waals surface area contributed by atoms with Gasteiger partial charge in [-0.15, -0.1) is 0 Å². The van der Waals surface area contributed by atoms with Crippen molar-refractivity contribution in [2.45, 2.75) is 40.2 Å². The van der Waals surface area contributed by atoms with Gasteiger partial charge >= 0.3 is 0 Å². The molecule has 138 valence electrons. The van der Waals surface area contributed by atoms with Crippen molar-refractivity contribution in [2.75, 3.05) is 6.61 Å². The van der Waals surface area contributed by atoms with Gasteiger partial charge in [0.25, 0.3) is 11.8 Å². The molecule has 26 heavy (non-hydrogen) atoms. The zero-order chi connectivity index (χ0) is 19.3. The lowest BCUT2D eigenvalue weighted by molar-refractivity contribution is 0.0358. The second kappa shape index (κ2) is 8.04. The first kappa shape index (κ1) is 19.5. The summed E-state index contributed by atoms with van der Waals surface area (Å²) in [5, 5.41) is 1.38. The average molecular weight is 354 g/mol. The number of benzene rings is 2. The number of ether oxygens (including phenoxy) is 1. The van der Waals surface area contributed by atoms with E-state index in [9.17, 15) is 9.59 Å². The fraction of sp³-hybridized carbons (Fsp3) is 0.333. The minimum absolute atomic E-state index is 0.250. The van der Waals surface area contributed by atoms with Gasteiger partial charge in [0.2, 0.25) is 0 Å². The molecule has 2 amide bonds. The van der Waals surface area contributed by atoms with E-state index in [1.165, 1.54) is 5.01 Å². The molecular formula is C21H26N2O3. The lowest BCUT2D eigenvalue weighted by Gasteiger charge is -2.35. The van der Waals surface area contributed by atoms with Crippen LogP contribution in [0.4, 0.5) is 0 Å². The molecule has 0 aromatic heterocycles. The minimum Gasteiger partial charge on any atom is -0.494 e. The van der Waals surface area contributed by atoms with Crippen LogP contribution in [-0.2, 0) is 0 Å². The molecule has 1 N–H and O–H groups in total. The Labute approximate surface area is 154 Å². The van der Waals surface area contributed by atoms with E-state index in [2.05, 4.69) is 5.43 Å². The topological polar surface area (TPSA) is 58.6 Å². The molecular weight excluding hydrogens is 328 g/mol. The van der Waals surface area contributed by atoms with Crippen LogP contribution in [0.2, 0.25) is 0 Å². The number of hydrazine groups is 1. The average Bonchev–Trinajstić information content (AvgIpc) is 2.59. The fourth-order valence-electron chi connectivity index (χ4n) is 2.47. The van der Waals surface area contributed by atoms with Gasteiger partial charge < -0.3 is 4.74 Å².